The summed E-state index contributed by atoms with van der Waals surface area (Å²) in [6.45, 7) is 3.27. The van der Waals surface area contributed by atoms with Crippen LogP contribution in [-0.4, -0.2) is 59.2 Å². The molecular formula is C18H22F3N5O. The molecule has 146 valence electrons. The number of alkyl halides is 3. The lowest BCUT2D eigenvalue weighted by Gasteiger charge is -2.32. The molecule has 2 aromatic rings. The summed E-state index contributed by atoms with van der Waals surface area (Å²) >= 11 is 0. The van der Waals surface area contributed by atoms with Gasteiger partial charge in [0.2, 0.25) is 0 Å². The molecule has 1 N–H and O–H groups in total. The van der Waals surface area contributed by atoms with Crippen LogP contribution in [0.4, 0.5) is 19.0 Å². The normalized spacial score (nSPS) is 16.4. The molecular weight excluding hydrogens is 359 g/mol. The van der Waals surface area contributed by atoms with Gasteiger partial charge in [-0.2, -0.15) is 13.2 Å². The van der Waals surface area contributed by atoms with Gasteiger partial charge in [-0.1, -0.05) is 6.07 Å². The van der Waals surface area contributed by atoms with Gasteiger partial charge in [-0.25, -0.2) is 9.97 Å². The fraction of sp³-hybridized carbons (Fsp3) is 0.500. The molecule has 0 aromatic carbocycles. The number of hydrogen-bond donors (Lipinski definition) is 1. The van der Waals surface area contributed by atoms with E-state index in [-0.39, 0.29) is 17.7 Å². The number of anilines is 1. The molecule has 1 saturated heterocycles. The monoisotopic (exact) mass is 381 g/mol. The molecule has 0 bridgehead atoms. The average molecular weight is 381 g/mol. The Hall–Kier alpha value is -2.26. The van der Waals surface area contributed by atoms with Gasteiger partial charge in [0.25, 0.3) is 0 Å². The molecule has 6 nitrogen and oxygen atoms in total. The van der Waals surface area contributed by atoms with Crippen molar-refractivity contribution in [2.24, 2.45) is 0 Å². The van der Waals surface area contributed by atoms with E-state index >= 15 is 0 Å². The fourth-order valence-corrected chi connectivity index (χ4v) is 3.01. The third-order valence-electron chi connectivity index (χ3n) is 4.46. The SMILES string of the molecule is COCCN1CCC(Nc2cc(C(F)(F)F)nc(-c3ccccn3)n2)CC1. The molecule has 0 saturated carbocycles. The van der Waals surface area contributed by atoms with Crippen LogP contribution in [0.3, 0.4) is 0 Å². The molecule has 0 radical (unpaired) electrons. The Bertz CT molecular complexity index is 734. The molecule has 3 rings (SSSR count). The first-order valence-corrected chi connectivity index (χ1v) is 8.81. The van der Waals surface area contributed by atoms with Crippen LogP contribution in [0.2, 0.25) is 0 Å². The summed E-state index contributed by atoms with van der Waals surface area (Å²) < 4.78 is 44.8. The highest BCUT2D eigenvalue weighted by Gasteiger charge is 2.34. The van der Waals surface area contributed by atoms with Crippen molar-refractivity contribution in [1.29, 1.82) is 0 Å². The van der Waals surface area contributed by atoms with Crippen LogP contribution < -0.4 is 5.32 Å². The Morgan fingerprint density at radius 2 is 2.00 bits per heavy atom. The number of piperidine rings is 1. The molecule has 0 atom stereocenters. The lowest BCUT2D eigenvalue weighted by molar-refractivity contribution is -0.141. The number of likely N-dealkylation sites (tertiary alicyclic amines) is 1. The Morgan fingerprint density at radius 1 is 1.22 bits per heavy atom. The highest BCUT2D eigenvalue weighted by molar-refractivity contribution is 5.53. The first kappa shape index (κ1) is 19.5. The fourth-order valence-electron chi connectivity index (χ4n) is 3.01. The number of methoxy groups -OCH3 is 1. The maximum absolute atomic E-state index is 13.3. The zero-order valence-corrected chi connectivity index (χ0v) is 15.0. The molecule has 2 aromatic heterocycles. The van der Waals surface area contributed by atoms with Crippen molar-refractivity contribution in [2.75, 3.05) is 38.7 Å². The van der Waals surface area contributed by atoms with Crippen LogP contribution in [0.25, 0.3) is 11.5 Å². The second kappa shape index (κ2) is 8.62. The zero-order valence-electron chi connectivity index (χ0n) is 15.0. The minimum Gasteiger partial charge on any atom is -0.383 e. The zero-order chi connectivity index (χ0) is 19.3. The number of aromatic nitrogens is 3. The van der Waals surface area contributed by atoms with Crippen molar-refractivity contribution >= 4 is 5.82 Å². The van der Waals surface area contributed by atoms with Crippen LogP contribution in [0.1, 0.15) is 18.5 Å². The summed E-state index contributed by atoms with van der Waals surface area (Å²) in [5.74, 6) is 0.138. The standard InChI is InChI=1S/C18H22F3N5O/c1-27-11-10-26-8-5-13(6-9-26)23-16-12-15(18(19,20)21)24-17(25-16)14-4-2-3-7-22-14/h2-4,7,12-13H,5-6,8-11H2,1H3,(H,23,24,25). The first-order valence-electron chi connectivity index (χ1n) is 8.81. The van der Waals surface area contributed by atoms with Crippen molar-refractivity contribution in [3.8, 4) is 11.5 Å². The van der Waals surface area contributed by atoms with E-state index in [2.05, 4.69) is 25.2 Å². The third-order valence-corrected chi connectivity index (χ3v) is 4.46. The van der Waals surface area contributed by atoms with Gasteiger partial charge in [-0.15, -0.1) is 0 Å². The molecule has 9 heteroatoms. The van der Waals surface area contributed by atoms with Gasteiger partial charge in [-0.05, 0) is 25.0 Å². The van der Waals surface area contributed by atoms with Crippen molar-refractivity contribution < 1.29 is 17.9 Å². The summed E-state index contributed by atoms with van der Waals surface area (Å²) in [5, 5.41) is 3.14. The van der Waals surface area contributed by atoms with E-state index in [0.717, 1.165) is 38.5 Å². The van der Waals surface area contributed by atoms with E-state index in [1.807, 2.05) is 0 Å². The van der Waals surface area contributed by atoms with E-state index in [0.29, 0.717) is 12.3 Å². The molecule has 27 heavy (non-hydrogen) atoms. The van der Waals surface area contributed by atoms with Crippen molar-refractivity contribution in [3.05, 3.63) is 36.2 Å². The second-order valence-electron chi connectivity index (χ2n) is 6.43. The van der Waals surface area contributed by atoms with Crippen molar-refractivity contribution in [3.63, 3.8) is 0 Å². The molecule has 1 aliphatic rings. The van der Waals surface area contributed by atoms with E-state index in [9.17, 15) is 13.2 Å². The maximum atomic E-state index is 13.3. The summed E-state index contributed by atoms with van der Waals surface area (Å²) in [4.78, 5) is 14.3. The Labute approximate surface area is 155 Å². The van der Waals surface area contributed by atoms with Gasteiger partial charge in [0, 0.05) is 45.0 Å². The van der Waals surface area contributed by atoms with Gasteiger partial charge in [0.05, 0.1) is 6.61 Å². The number of ether oxygens (including phenoxy) is 1. The molecule has 0 spiro atoms. The number of nitrogens with one attached hydrogen (secondary N) is 1. The number of pyridine rings is 1. The molecule has 3 heterocycles. The quantitative estimate of drug-likeness (QED) is 0.830. The highest BCUT2D eigenvalue weighted by Crippen LogP contribution is 2.31. The molecule has 1 fully saturated rings. The van der Waals surface area contributed by atoms with E-state index in [1.165, 1.54) is 6.20 Å². The van der Waals surface area contributed by atoms with Crippen LogP contribution in [-0.2, 0) is 10.9 Å². The maximum Gasteiger partial charge on any atom is 0.433 e. The number of rotatable bonds is 6. The molecule has 0 aliphatic carbocycles. The van der Waals surface area contributed by atoms with Gasteiger partial charge < -0.3 is 15.0 Å². The van der Waals surface area contributed by atoms with Gasteiger partial charge in [0.15, 0.2) is 11.5 Å². The minimum absolute atomic E-state index is 0.0366. The smallest absolute Gasteiger partial charge is 0.383 e. The Morgan fingerprint density at radius 3 is 2.63 bits per heavy atom. The Kier molecular flexibility index (Phi) is 6.22. The van der Waals surface area contributed by atoms with Crippen molar-refractivity contribution in [2.45, 2.75) is 25.1 Å². The van der Waals surface area contributed by atoms with Crippen LogP contribution >= 0.6 is 0 Å². The van der Waals surface area contributed by atoms with Crippen molar-refractivity contribution in [1.82, 2.24) is 19.9 Å². The number of nitrogens with zero attached hydrogens (tertiary/aromatic N) is 4. The van der Waals surface area contributed by atoms with E-state index < -0.39 is 11.9 Å². The molecule has 0 amide bonds. The summed E-state index contributed by atoms with van der Waals surface area (Å²) in [5.41, 5.74) is -0.667. The second-order valence-corrected chi connectivity index (χ2v) is 6.43. The largest absolute Gasteiger partial charge is 0.433 e. The molecule has 0 unspecified atom stereocenters. The molecule has 1 aliphatic heterocycles. The lowest BCUT2D eigenvalue weighted by atomic mass is 10.1. The number of hydrogen-bond acceptors (Lipinski definition) is 6. The van der Waals surface area contributed by atoms with Gasteiger partial charge in [0.1, 0.15) is 11.5 Å². The first-order chi connectivity index (χ1) is 13.0. The topological polar surface area (TPSA) is 63.2 Å². The summed E-state index contributed by atoms with van der Waals surface area (Å²) in [6.07, 6.45) is -1.39. The third kappa shape index (κ3) is 5.36. The van der Waals surface area contributed by atoms with Gasteiger partial charge in [-0.3, -0.25) is 4.98 Å². The van der Waals surface area contributed by atoms with E-state index in [1.54, 1.807) is 25.3 Å². The highest BCUT2D eigenvalue weighted by atomic mass is 19.4. The van der Waals surface area contributed by atoms with Gasteiger partial charge >= 0.3 is 6.18 Å². The minimum atomic E-state index is -4.55. The van der Waals surface area contributed by atoms with Crippen LogP contribution in [0.5, 0.6) is 0 Å². The van der Waals surface area contributed by atoms with Crippen LogP contribution in [0.15, 0.2) is 30.5 Å². The number of halogens is 3. The summed E-state index contributed by atoms with van der Waals surface area (Å²) in [7, 11) is 1.67. The Balaban J connectivity index is 1.75. The average Bonchev–Trinajstić information content (AvgIpc) is 2.67. The predicted octanol–water partition coefficient (Wildman–Crippen LogP) is 3.08. The lowest BCUT2D eigenvalue weighted by Crippen LogP contribution is -2.40. The summed E-state index contributed by atoms with van der Waals surface area (Å²) in [6, 6.07) is 6.00. The van der Waals surface area contributed by atoms with Crippen LogP contribution in [0, 0.1) is 0 Å². The predicted molar refractivity (Wildman–Crippen MR) is 95.2 cm³/mol. The van der Waals surface area contributed by atoms with E-state index in [4.69, 9.17) is 4.74 Å².